The Bertz CT molecular complexity index is 511. The third-order valence-corrected chi connectivity index (χ3v) is 3.96. The molecule has 1 amide bonds. The zero-order chi connectivity index (χ0) is 15.9. The number of amides is 1. The maximum atomic E-state index is 13.8. The van der Waals surface area contributed by atoms with Gasteiger partial charge in [0.25, 0.3) is 0 Å². The summed E-state index contributed by atoms with van der Waals surface area (Å²) >= 11 is 0. The van der Waals surface area contributed by atoms with E-state index >= 15 is 0 Å². The molecule has 1 saturated heterocycles. The monoisotopic (exact) mass is 312 g/mol. The van der Waals surface area contributed by atoms with E-state index in [4.69, 9.17) is 4.74 Å². The molecule has 1 N–H and O–H groups in total. The molecule has 22 heavy (non-hydrogen) atoms. The molecule has 0 unspecified atom stereocenters. The molecule has 1 fully saturated rings. The molecule has 0 bridgehead atoms. The van der Waals surface area contributed by atoms with Crippen molar-refractivity contribution in [3.8, 4) is 0 Å². The van der Waals surface area contributed by atoms with Gasteiger partial charge in [0.2, 0.25) is 5.91 Å². The van der Waals surface area contributed by atoms with Gasteiger partial charge in [-0.2, -0.15) is 0 Å². The van der Waals surface area contributed by atoms with Gasteiger partial charge in [-0.25, -0.2) is 8.78 Å². The van der Waals surface area contributed by atoms with Gasteiger partial charge in [-0.3, -0.25) is 4.79 Å². The lowest BCUT2D eigenvalue weighted by Crippen LogP contribution is -2.35. The molecule has 0 saturated carbocycles. The van der Waals surface area contributed by atoms with Gasteiger partial charge >= 0.3 is 0 Å². The van der Waals surface area contributed by atoms with Crippen LogP contribution in [-0.4, -0.2) is 43.7 Å². The SMILES string of the molecule is COCCNCC[C@H]1CCC(=O)N1Cc1cccc(F)c1F. The smallest absolute Gasteiger partial charge is 0.223 e. The van der Waals surface area contributed by atoms with Crippen molar-refractivity contribution in [3.63, 3.8) is 0 Å². The summed E-state index contributed by atoms with van der Waals surface area (Å²) in [5.74, 6) is -1.73. The van der Waals surface area contributed by atoms with Crippen LogP contribution in [0.25, 0.3) is 0 Å². The van der Waals surface area contributed by atoms with Crippen LogP contribution in [0, 0.1) is 11.6 Å². The normalized spacial score (nSPS) is 18.2. The van der Waals surface area contributed by atoms with E-state index in [1.807, 2.05) is 0 Å². The van der Waals surface area contributed by atoms with Crippen LogP contribution in [0.15, 0.2) is 18.2 Å². The molecule has 1 aliphatic heterocycles. The topological polar surface area (TPSA) is 41.6 Å². The lowest BCUT2D eigenvalue weighted by atomic mass is 10.1. The quantitative estimate of drug-likeness (QED) is 0.747. The van der Waals surface area contributed by atoms with Gasteiger partial charge in [0.15, 0.2) is 11.6 Å². The van der Waals surface area contributed by atoms with E-state index < -0.39 is 11.6 Å². The van der Waals surface area contributed by atoms with Gasteiger partial charge in [-0.15, -0.1) is 0 Å². The number of likely N-dealkylation sites (tertiary alicyclic amines) is 1. The first-order valence-electron chi connectivity index (χ1n) is 7.55. The fourth-order valence-corrected chi connectivity index (χ4v) is 2.73. The van der Waals surface area contributed by atoms with Gasteiger partial charge < -0.3 is 15.0 Å². The third kappa shape index (κ3) is 4.24. The predicted octanol–water partition coefficient (Wildman–Crippen LogP) is 2.08. The van der Waals surface area contributed by atoms with E-state index in [-0.39, 0.29) is 24.1 Å². The molecule has 1 aromatic rings. The zero-order valence-corrected chi connectivity index (χ0v) is 12.8. The molecule has 4 nitrogen and oxygen atoms in total. The van der Waals surface area contributed by atoms with Crippen LogP contribution >= 0.6 is 0 Å². The van der Waals surface area contributed by atoms with Gasteiger partial charge in [0.1, 0.15) is 0 Å². The van der Waals surface area contributed by atoms with E-state index in [2.05, 4.69) is 5.32 Å². The Morgan fingerprint density at radius 2 is 2.18 bits per heavy atom. The van der Waals surface area contributed by atoms with Crippen molar-refractivity contribution in [1.82, 2.24) is 10.2 Å². The van der Waals surface area contributed by atoms with Crippen LogP contribution < -0.4 is 5.32 Å². The standard InChI is InChI=1S/C16H22F2N2O2/c1-22-10-9-19-8-7-13-5-6-15(21)20(13)11-12-3-2-4-14(17)16(12)18/h2-4,13,19H,5-11H2,1H3/t13-/m1/s1. The number of hydrogen-bond acceptors (Lipinski definition) is 3. The zero-order valence-electron chi connectivity index (χ0n) is 12.8. The number of hydrogen-bond donors (Lipinski definition) is 1. The van der Waals surface area contributed by atoms with Crippen molar-refractivity contribution in [2.45, 2.75) is 31.8 Å². The largest absolute Gasteiger partial charge is 0.383 e. The predicted molar refractivity (Wildman–Crippen MR) is 79.3 cm³/mol. The summed E-state index contributed by atoms with van der Waals surface area (Å²) < 4.78 is 32.0. The van der Waals surface area contributed by atoms with E-state index in [1.165, 1.54) is 12.1 Å². The molecule has 0 aromatic heterocycles. The minimum Gasteiger partial charge on any atom is -0.383 e. The molecule has 0 spiro atoms. The van der Waals surface area contributed by atoms with Crippen molar-refractivity contribution >= 4 is 5.91 Å². The van der Waals surface area contributed by atoms with Gasteiger partial charge in [-0.05, 0) is 25.5 Å². The van der Waals surface area contributed by atoms with Gasteiger partial charge in [-0.1, -0.05) is 12.1 Å². The lowest BCUT2D eigenvalue weighted by Gasteiger charge is -2.25. The number of carbonyl (C=O) groups excluding carboxylic acids is 1. The molecule has 6 heteroatoms. The maximum absolute atomic E-state index is 13.8. The van der Waals surface area contributed by atoms with Crippen molar-refractivity contribution in [2.75, 3.05) is 26.8 Å². The highest BCUT2D eigenvalue weighted by Crippen LogP contribution is 2.25. The van der Waals surface area contributed by atoms with Gasteiger partial charge in [0, 0.05) is 38.2 Å². The Balaban J connectivity index is 1.92. The van der Waals surface area contributed by atoms with Crippen LogP contribution in [0.1, 0.15) is 24.8 Å². The van der Waals surface area contributed by atoms with Crippen molar-refractivity contribution in [2.24, 2.45) is 0 Å². The summed E-state index contributed by atoms with van der Waals surface area (Å²) in [4.78, 5) is 13.7. The molecular weight excluding hydrogens is 290 g/mol. The summed E-state index contributed by atoms with van der Waals surface area (Å²) in [6.45, 7) is 2.30. The van der Waals surface area contributed by atoms with Crippen molar-refractivity contribution in [1.29, 1.82) is 0 Å². The number of benzene rings is 1. The fraction of sp³-hybridized carbons (Fsp3) is 0.562. The molecule has 0 radical (unpaired) electrons. The van der Waals surface area contributed by atoms with E-state index in [9.17, 15) is 13.6 Å². The first-order chi connectivity index (χ1) is 10.6. The third-order valence-electron chi connectivity index (χ3n) is 3.96. The van der Waals surface area contributed by atoms with Crippen LogP contribution in [0.2, 0.25) is 0 Å². The molecular formula is C16H22F2N2O2. The minimum absolute atomic E-state index is 0.00514. The first-order valence-corrected chi connectivity index (χ1v) is 7.55. The second-order valence-electron chi connectivity index (χ2n) is 5.46. The van der Waals surface area contributed by atoms with Crippen LogP contribution in [-0.2, 0) is 16.1 Å². The molecule has 1 heterocycles. The highest BCUT2D eigenvalue weighted by Gasteiger charge is 2.31. The number of nitrogens with zero attached hydrogens (tertiary/aromatic N) is 1. The van der Waals surface area contributed by atoms with Crippen molar-refractivity contribution < 1.29 is 18.3 Å². The summed E-state index contributed by atoms with van der Waals surface area (Å²) in [5.41, 5.74) is 0.229. The summed E-state index contributed by atoms with van der Waals surface area (Å²) in [6, 6.07) is 4.15. The lowest BCUT2D eigenvalue weighted by molar-refractivity contribution is -0.129. The number of carbonyl (C=O) groups is 1. The molecule has 0 aliphatic carbocycles. The average molecular weight is 312 g/mol. The number of rotatable bonds is 8. The fourth-order valence-electron chi connectivity index (χ4n) is 2.73. The Hall–Kier alpha value is -1.53. The van der Waals surface area contributed by atoms with Gasteiger partial charge in [0.05, 0.1) is 6.61 Å². The summed E-state index contributed by atoms with van der Waals surface area (Å²) in [6.07, 6.45) is 2.04. The van der Waals surface area contributed by atoms with Crippen LogP contribution in [0.4, 0.5) is 8.78 Å². The number of methoxy groups -OCH3 is 1. The van der Waals surface area contributed by atoms with E-state index in [0.717, 1.165) is 32.0 Å². The highest BCUT2D eigenvalue weighted by atomic mass is 19.2. The maximum Gasteiger partial charge on any atom is 0.223 e. The van der Waals surface area contributed by atoms with Crippen molar-refractivity contribution in [3.05, 3.63) is 35.4 Å². The molecule has 2 rings (SSSR count). The van der Waals surface area contributed by atoms with E-state index in [0.29, 0.717) is 13.0 Å². The Kier molecular flexibility index (Phi) is 6.27. The molecule has 1 aromatic carbocycles. The molecule has 1 aliphatic rings. The Morgan fingerprint density at radius 1 is 1.36 bits per heavy atom. The second kappa shape index (κ2) is 8.19. The Labute approximate surface area is 129 Å². The average Bonchev–Trinajstić information content (AvgIpc) is 2.85. The molecule has 122 valence electrons. The van der Waals surface area contributed by atoms with Crippen LogP contribution in [0.5, 0.6) is 0 Å². The highest BCUT2D eigenvalue weighted by molar-refractivity contribution is 5.78. The summed E-state index contributed by atoms with van der Waals surface area (Å²) in [7, 11) is 1.65. The van der Waals surface area contributed by atoms with E-state index in [1.54, 1.807) is 12.0 Å². The van der Waals surface area contributed by atoms with Crippen LogP contribution in [0.3, 0.4) is 0 Å². The molecule has 1 atom stereocenters. The number of halogens is 2. The second-order valence-corrected chi connectivity index (χ2v) is 5.46. The number of nitrogens with one attached hydrogen (secondary N) is 1. The first kappa shape index (κ1) is 16.8. The number of ether oxygens (including phenoxy) is 1. The Morgan fingerprint density at radius 3 is 2.95 bits per heavy atom. The minimum atomic E-state index is -0.873. The summed E-state index contributed by atoms with van der Waals surface area (Å²) in [5, 5.41) is 3.24.